The Morgan fingerprint density at radius 1 is 1.41 bits per heavy atom. The number of methoxy groups -OCH3 is 1. The predicted octanol–water partition coefficient (Wildman–Crippen LogP) is 0.974. The number of hydrogen-bond donors (Lipinski definition) is 1. The van der Waals surface area contributed by atoms with Gasteiger partial charge in [0.25, 0.3) is 5.69 Å². The predicted molar refractivity (Wildman–Crippen MR) is 80.5 cm³/mol. The number of nitrogens with one attached hydrogen (secondary N) is 1. The number of nitro benzene ring substituents is 1. The molecule has 0 aliphatic carbocycles. The third kappa shape index (κ3) is 2.92. The largest absolute Gasteiger partial charge is 0.495 e. The minimum absolute atomic E-state index is 0.0208. The Morgan fingerprint density at radius 3 is 2.68 bits per heavy atom. The van der Waals surface area contributed by atoms with E-state index in [0.717, 1.165) is 6.07 Å². The molecular weight excluding hydrogens is 310 g/mol. The number of sulfonamides is 1. The highest BCUT2D eigenvalue weighted by Gasteiger charge is 2.36. The van der Waals surface area contributed by atoms with Crippen molar-refractivity contribution in [3.63, 3.8) is 0 Å². The van der Waals surface area contributed by atoms with Gasteiger partial charge in [-0.15, -0.1) is 0 Å². The minimum atomic E-state index is -3.78. The Labute approximate surface area is 129 Å². The molecule has 1 heterocycles. The van der Waals surface area contributed by atoms with Crippen LogP contribution in [0.3, 0.4) is 0 Å². The number of hydrogen-bond acceptors (Lipinski definition) is 6. The Hall–Kier alpha value is -1.71. The van der Waals surface area contributed by atoms with Gasteiger partial charge in [-0.05, 0) is 19.9 Å². The van der Waals surface area contributed by atoms with Gasteiger partial charge in [0.2, 0.25) is 10.0 Å². The third-order valence-corrected chi connectivity index (χ3v) is 5.95. The van der Waals surface area contributed by atoms with Gasteiger partial charge in [0, 0.05) is 31.2 Å². The molecule has 1 saturated heterocycles. The Bertz CT molecular complexity index is 676. The van der Waals surface area contributed by atoms with E-state index in [1.54, 1.807) is 0 Å². The first-order valence-electron chi connectivity index (χ1n) is 6.86. The van der Waals surface area contributed by atoms with Crippen LogP contribution in [0.1, 0.15) is 13.8 Å². The van der Waals surface area contributed by atoms with Gasteiger partial charge in [-0.3, -0.25) is 10.1 Å². The number of nitrogens with zero attached hydrogens (tertiary/aromatic N) is 2. The van der Waals surface area contributed by atoms with Crippen LogP contribution in [-0.4, -0.2) is 49.9 Å². The molecule has 1 fully saturated rings. The van der Waals surface area contributed by atoms with E-state index < -0.39 is 14.9 Å². The highest BCUT2D eigenvalue weighted by molar-refractivity contribution is 7.89. The fraction of sp³-hybridized carbons (Fsp3) is 0.538. The summed E-state index contributed by atoms with van der Waals surface area (Å²) in [6.45, 7) is 4.64. The van der Waals surface area contributed by atoms with Gasteiger partial charge >= 0.3 is 0 Å². The van der Waals surface area contributed by atoms with E-state index in [9.17, 15) is 18.5 Å². The van der Waals surface area contributed by atoms with Gasteiger partial charge in [-0.25, -0.2) is 8.42 Å². The molecule has 2 rings (SSSR count). The molecule has 2 unspecified atom stereocenters. The summed E-state index contributed by atoms with van der Waals surface area (Å²) in [6, 6.07) is 3.33. The summed E-state index contributed by atoms with van der Waals surface area (Å²) in [7, 11) is -2.49. The van der Waals surface area contributed by atoms with Crippen molar-refractivity contribution in [2.45, 2.75) is 30.8 Å². The van der Waals surface area contributed by atoms with Gasteiger partial charge < -0.3 is 10.1 Å². The lowest BCUT2D eigenvalue weighted by Crippen LogP contribution is -2.57. The second kappa shape index (κ2) is 6.19. The van der Waals surface area contributed by atoms with Crippen molar-refractivity contribution >= 4 is 15.7 Å². The average molecular weight is 329 g/mol. The molecule has 1 N–H and O–H groups in total. The zero-order valence-corrected chi connectivity index (χ0v) is 13.5. The monoisotopic (exact) mass is 329 g/mol. The van der Waals surface area contributed by atoms with Crippen LogP contribution < -0.4 is 10.1 Å². The van der Waals surface area contributed by atoms with Crippen LogP contribution in [0.5, 0.6) is 5.75 Å². The average Bonchev–Trinajstić information content (AvgIpc) is 2.49. The fourth-order valence-electron chi connectivity index (χ4n) is 2.47. The van der Waals surface area contributed by atoms with Gasteiger partial charge in [0.15, 0.2) is 0 Å². The van der Waals surface area contributed by atoms with Crippen molar-refractivity contribution in [1.82, 2.24) is 9.62 Å². The molecule has 8 nitrogen and oxygen atoms in total. The molecule has 0 aromatic heterocycles. The molecule has 1 aliphatic rings. The lowest BCUT2D eigenvalue weighted by Gasteiger charge is -2.37. The van der Waals surface area contributed by atoms with Crippen LogP contribution in [0.2, 0.25) is 0 Å². The molecule has 1 aromatic rings. The summed E-state index contributed by atoms with van der Waals surface area (Å²) in [4.78, 5) is 10.2. The molecule has 0 radical (unpaired) electrons. The zero-order chi connectivity index (χ0) is 16.5. The molecule has 9 heteroatoms. The molecule has 0 saturated carbocycles. The van der Waals surface area contributed by atoms with Crippen molar-refractivity contribution in [2.75, 3.05) is 20.2 Å². The first-order chi connectivity index (χ1) is 10.3. The van der Waals surface area contributed by atoms with E-state index >= 15 is 0 Å². The van der Waals surface area contributed by atoms with Crippen LogP contribution in [0.15, 0.2) is 23.1 Å². The highest BCUT2D eigenvalue weighted by atomic mass is 32.2. The Balaban J connectivity index is 2.47. The van der Waals surface area contributed by atoms with E-state index in [4.69, 9.17) is 4.74 Å². The molecule has 0 spiro atoms. The molecule has 0 bridgehead atoms. The number of benzene rings is 1. The van der Waals surface area contributed by atoms with E-state index in [1.807, 2.05) is 13.8 Å². The maximum atomic E-state index is 12.9. The van der Waals surface area contributed by atoms with Crippen molar-refractivity contribution in [2.24, 2.45) is 0 Å². The number of rotatable bonds is 4. The van der Waals surface area contributed by atoms with Gasteiger partial charge in [0.05, 0.1) is 18.1 Å². The van der Waals surface area contributed by atoms with Crippen LogP contribution in [0, 0.1) is 10.1 Å². The van der Waals surface area contributed by atoms with E-state index in [1.165, 1.54) is 23.5 Å². The molecule has 1 aliphatic heterocycles. The number of non-ortho nitro benzene ring substituents is 1. The van der Waals surface area contributed by atoms with Crippen molar-refractivity contribution in [3.8, 4) is 5.75 Å². The Morgan fingerprint density at radius 2 is 2.09 bits per heavy atom. The standard InChI is InChI=1S/C13H19N3O5S/c1-9-10(2)15(7-6-14-9)22(19,20)13-5-4-11(16(17)18)8-12(13)21-3/h4-5,8-10,14H,6-7H2,1-3H3. The number of nitro groups is 1. The van der Waals surface area contributed by atoms with Crippen molar-refractivity contribution in [3.05, 3.63) is 28.3 Å². The fourth-order valence-corrected chi connectivity index (χ4v) is 4.32. The normalized spacial score (nSPS) is 23.2. The van der Waals surface area contributed by atoms with Gasteiger partial charge in [-0.2, -0.15) is 4.31 Å². The molecular formula is C13H19N3O5S. The third-order valence-electron chi connectivity index (χ3n) is 3.92. The molecule has 1 aromatic carbocycles. The molecule has 2 atom stereocenters. The first kappa shape index (κ1) is 16.7. The van der Waals surface area contributed by atoms with E-state index in [-0.39, 0.29) is 28.4 Å². The number of ether oxygens (including phenoxy) is 1. The summed E-state index contributed by atoms with van der Waals surface area (Å²) >= 11 is 0. The van der Waals surface area contributed by atoms with E-state index in [2.05, 4.69) is 5.32 Å². The summed E-state index contributed by atoms with van der Waals surface area (Å²) in [5.74, 6) is -0.0208. The lowest BCUT2D eigenvalue weighted by molar-refractivity contribution is -0.385. The smallest absolute Gasteiger partial charge is 0.273 e. The molecule has 122 valence electrons. The second-order valence-electron chi connectivity index (χ2n) is 5.19. The zero-order valence-electron chi connectivity index (χ0n) is 12.6. The topological polar surface area (TPSA) is 102 Å². The lowest BCUT2D eigenvalue weighted by atomic mass is 10.1. The van der Waals surface area contributed by atoms with Crippen LogP contribution in [-0.2, 0) is 10.0 Å². The maximum absolute atomic E-state index is 12.9. The van der Waals surface area contributed by atoms with Crippen molar-refractivity contribution in [1.29, 1.82) is 0 Å². The SMILES string of the molecule is COc1cc([N+](=O)[O-])ccc1S(=O)(=O)N1CCNC(C)C1C. The molecule has 0 amide bonds. The summed E-state index contributed by atoms with van der Waals surface area (Å²) in [6.07, 6.45) is 0. The summed E-state index contributed by atoms with van der Waals surface area (Å²) in [5.41, 5.74) is -0.211. The quantitative estimate of drug-likeness (QED) is 0.652. The number of piperazine rings is 1. The second-order valence-corrected chi connectivity index (χ2v) is 7.05. The minimum Gasteiger partial charge on any atom is -0.495 e. The van der Waals surface area contributed by atoms with E-state index in [0.29, 0.717) is 13.1 Å². The first-order valence-corrected chi connectivity index (χ1v) is 8.30. The maximum Gasteiger partial charge on any atom is 0.273 e. The summed E-state index contributed by atoms with van der Waals surface area (Å²) < 4.78 is 32.2. The molecule has 22 heavy (non-hydrogen) atoms. The Kier molecular flexibility index (Phi) is 4.69. The van der Waals surface area contributed by atoms with Gasteiger partial charge in [-0.1, -0.05) is 0 Å². The van der Waals surface area contributed by atoms with Crippen molar-refractivity contribution < 1.29 is 18.1 Å². The van der Waals surface area contributed by atoms with Gasteiger partial charge in [0.1, 0.15) is 10.6 Å². The highest BCUT2D eigenvalue weighted by Crippen LogP contribution is 2.32. The van der Waals surface area contributed by atoms with Crippen LogP contribution in [0.25, 0.3) is 0 Å². The van der Waals surface area contributed by atoms with Crippen LogP contribution in [0.4, 0.5) is 5.69 Å². The summed E-state index contributed by atoms with van der Waals surface area (Å²) in [5, 5.41) is 14.0. The van der Waals surface area contributed by atoms with Crippen LogP contribution >= 0.6 is 0 Å².